The van der Waals surface area contributed by atoms with E-state index < -0.39 is 0 Å². The van der Waals surface area contributed by atoms with E-state index in [1.165, 1.54) is 0 Å². The quantitative estimate of drug-likeness (QED) is 0.880. The second-order valence-corrected chi connectivity index (χ2v) is 4.18. The van der Waals surface area contributed by atoms with E-state index in [0.717, 1.165) is 35.7 Å². The van der Waals surface area contributed by atoms with Gasteiger partial charge in [0.1, 0.15) is 5.75 Å². The van der Waals surface area contributed by atoms with Gasteiger partial charge in [0.2, 0.25) is 0 Å². The molecule has 0 saturated carbocycles. The van der Waals surface area contributed by atoms with Crippen LogP contribution in [0.15, 0.2) is 30.5 Å². The van der Waals surface area contributed by atoms with Crippen molar-refractivity contribution in [3.05, 3.63) is 41.7 Å². The summed E-state index contributed by atoms with van der Waals surface area (Å²) in [5.41, 5.74) is 3.32. The SMILES string of the molecule is CCc1nn(C)cc1NCc1ccccc1OC. The number of anilines is 1. The molecule has 4 heteroatoms. The highest BCUT2D eigenvalue weighted by molar-refractivity contribution is 5.48. The summed E-state index contributed by atoms with van der Waals surface area (Å²) < 4.78 is 7.17. The molecule has 4 nitrogen and oxygen atoms in total. The number of rotatable bonds is 5. The molecular formula is C14H19N3O. The molecular weight excluding hydrogens is 226 g/mol. The van der Waals surface area contributed by atoms with Crippen LogP contribution in [0.4, 0.5) is 5.69 Å². The van der Waals surface area contributed by atoms with Gasteiger partial charge in [0.05, 0.1) is 18.5 Å². The van der Waals surface area contributed by atoms with Gasteiger partial charge >= 0.3 is 0 Å². The highest BCUT2D eigenvalue weighted by Gasteiger charge is 2.06. The number of ether oxygens (including phenoxy) is 1. The van der Waals surface area contributed by atoms with Crippen LogP contribution in [0.2, 0.25) is 0 Å². The van der Waals surface area contributed by atoms with Crippen LogP contribution in [0.25, 0.3) is 0 Å². The van der Waals surface area contributed by atoms with Gasteiger partial charge in [-0.1, -0.05) is 25.1 Å². The Morgan fingerprint density at radius 3 is 2.83 bits per heavy atom. The molecule has 1 N–H and O–H groups in total. The van der Waals surface area contributed by atoms with Gasteiger partial charge in [-0.25, -0.2) is 0 Å². The Labute approximate surface area is 108 Å². The van der Waals surface area contributed by atoms with Crippen LogP contribution >= 0.6 is 0 Å². The lowest BCUT2D eigenvalue weighted by atomic mass is 10.2. The number of hydrogen-bond donors (Lipinski definition) is 1. The minimum Gasteiger partial charge on any atom is -0.496 e. The van der Waals surface area contributed by atoms with Crippen molar-refractivity contribution >= 4 is 5.69 Å². The number of aromatic nitrogens is 2. The van der Waals surface area contributed by atoms with Crippen LogP contribution in [0.1, 0.15) is 18.2 Å². The molecule has 0 fully saturated rings. The summed E-state index contributed by atoms with van der Waals surface area (Å²) in [7, 11) is 3.63. The largest absolute Gasteiger partial charge is 0.496 e. The Morgan fingerprint density at radius 1 is 1.33 bits per heavy atom. The summed E-state index contributed by atoms with van der Waals surface area (Å²) in [5, 5.41) is 7.82. The number of aryl methyl sites for hydroxylation is 2. The van der Waals surface area contributed by atoms with Crippen molar-refractivity contribution in [3.63, 3.8) is 0 Å². The van der Waals surface area contributed by atoms with E-state index in [1.54, 1.807) is 7.11 Å². The Balaban J connectivity index is 2.11. The maximum Gasteiger partial charge on any atom is 0.123 e. The van der Waals surface area contributed by atoms with Gasteiger partial charge < -0.3 is 10.1 Å². The average molecular weight is 245 g/mol. The fraction of sp³-hybridized carbons (Fsp3) is 0.357. The Hall–Kier alpha value is -1.97. The van der Waals surface area contributed by atoms with E-state index >= 15 is 0 Å². The Morgan fingerprint density at radius 2 is 2.11 bits per heavy atom. The second-order valence-electron chi connectivity index (χ2n) is 4.18. The number of methoxy groups -OCH3 is 1. The molecule has 1 aromatic carbocycles. The van der Waals surface area contributed by atoms with Crippen LogP contribution in [0.5, 0.6) is 5.75 Å². The van der Waals surface area contributed by atoms with E-state index in [1.807, 2.05) is 36.1 Å². The first-order valence-electron chi connectivity index (χ1n) is 6.13. The van der Waals surface area contributed by atoms with Crippen molar-refractivity contribution in [1.29, 1.82) is 0 Å². The average Bonchev–Trinajstić information content (AvgIpc) is 2.77. The van der Waals surface area contributed by atoms with Crippen LogP contribution in [0, 0.1) is 0 Å². The molecule has 2 aromatic rings. The number of nitrogens with zero attached hydrogens (tertiary/aromatic N) is 2. The molecule has 1 aromatic heterocycles. The van der Waals surface area contributed by atoms with Crippen molar-refractivity contribution in [1.82, 2.24) is 9.78 Å². The fourth-order valence-corrected chi connectivity index (χ4v) is 1.98. The lowest BCUT2D eigenvalue weighted by Gasteiger charge is -2.09. The first-order valence-corrected chi connectivity index (χ1v) is 6.13. The minimum absolute atomic E-state index is 0.739. The van der Waals surface area contributed by atoms with E-state index in [2.05, 4.69) is 23.4 Å². The maximum absolute atomic E-state index is 5.33. The molecule has 18 heavy (non-hydrogen) atoms. The first-order chi connectivity index (χ1) is 8.74. The zero-order valence-corrected chi connectivity index (χ0v) is 11.1. The van der Waals surface area contributed by atoms with Crippen LogP contribution in [-0.2, 0) is 20.0 Å². The number of benzene rings is 1. The molecule has 0 radical (unpaired) electrons. The van der Waals surface area contributed by atoms with Gasteiger partial charge in [0, 0.05) is 25.4 Å². The van der Waals surface area contributed by atoms with Crippen molar-refractivity contribution in [3.8, 4) is 5.75 Å². The van der Waals surface area contributed by atoms with Crippen LogP contribution in [0.3, 0.4) is 0 Å². The molecule has 0 aliphatic carbocycles. The lowest BCUT2D eigenvalue weighted by molar-refractivity contribution is 0.410. The Kier molecular flexibility index (Phi) is 3.87. The van der Waals surface area contributed by atoms with Gasteiger partial charge in [-0.05, 0) is 12.5 Å². The molecule has 96 valence electrons. The highest BCUT2D eigenvalue weighted by Crippen LogP contribution is 2.20. The van der Waals surface area contributed by atoms with Crippen LogP contribution in [-0.4, -0.2) is 16.9 Å². The predicted molar refractivity (Wildman–Crippen MR) is 72.9 cm³/mol. The summed E-state index contributed by atoms with van der Waals surface area (Å²) in [4.78, 5) is 0. The van der Waals surface area contributed by atoms with E-state index in [0.29, 0.717) is 0 Å². The van der Waals surface area contributed by atoms with Gasteiger partial charge in [-0.3, -0.25) is 4.68 Å². The van der Waals surface area contributed by atoms with Gasteiger partial charge in [0.15, 0.2) is 0 Å². The molecule has 0 saturated heterocycles. The fourth-order valence-electron chi connectivity index (χ4n) is 1.98. The summed E-state index contributed by atoms with van der Waals surface area (Å²) in [6.45, 7) is 2.85. The zero-order chi connectivity index (χ0) is 13.0. The summed E-state index contributed by atoms with van der Waals surface area (Å²) >= 11 is 0. The molecule has 0 aliphatic rings. The lowest BCUT2D eigenvalue weighted by Crippen LogP contribution is -2.02. The van der Waals surface area contributed by atoms with E-state index in [-0.39, 0.29) is 0 Å². The maximum atomic E-state index is 5.33. The predicted octanol–water partition coefficient (Wildman–Crippen LogP) is 2.60. The third-order valence-electron chi connectivity index (χ3n) is 2.90. The normalized spacial score (nSPS) is 10.4. The van der Waals surface area contributed by atoms with Crippen LogP contribution < -0.4 is 10.1 Å². The summed E-state index contributed by atoms with van der Waals surface area (Å²) in [6.07, 6.45) is 2.93. The van der Waals surface area contributed by atoms with Gasteiger partial charge in [-0.2, -0.15) is 5.10 Å². The molecule has 0 amide bonds. The van der Waals surface area contributed by atoms with Crippen molar-refractivity contribution in [2.24, 2.45) is 7.05 Å². The van der Waals surface area contributed by atoms with E-state index in [4.69, 9.17) is 4.74 Å². The molecule has 0 spiro atoms. The molecule has 1 heterocycles. The topological polar surface area (TPSA) is 39.1 Å². The molecule has 2 rings (SSSR count). The number of hydrogen-bond acceptors (Lipinski definition) is 3. The third-order valence-corrected chi connectivity index (χ3v) is 2.90. The monoisotopic (exact) mass is 245 g/mol. The minimum atomic E-state index is 0.739. The van der Waals surface area contributed by atoms with Crippen molar-refractivity contribution in [2.75, 3.05) is 12.4 Å². The highest BCUT2D eigenvalue weighted by atomic mass is 16.5. The third kappa shape index (κ3) is 2.64. The van der Waals surface area contributed by atoms with Crippen molar-refractivity contribution in [2.45, 2.75) is 19.9 Å². The van der Waals surface area contributed by atoms with Crippen molar-refractivity contribution < 1.29 is 4.74 Å². The summed E-state index contributed by atoms with van der Waals surface area (Å²) in [6, 6.07) is 8.03. The van der Waals surface area contributed by atoms with Gasteiger partial charge in [-0.15, -0.1) is 0 Å². The summed E-state index contributed by atoms with van der Waals surface area (Å²) in [5.74, 6) is 0.909. The number of para-hydroxylation sites is 1. The second kappa shape index (κ2) is 5.58. The molecule has 0 aliphatic heterocycles. The Bertz CT molecular complexity index is 520. The molecule has 0 atom stereocenters. The molecule has 0 unspecified atom stereocenters. The first kappa shape index (κ1) is 12.5. The van der Waals surface area contributed by atoms with Gasteiger partial charge in [0.25, 0.3) is 0 Å². The number of nitrogens with one attached hydrogen (secondary N) is 1. The zero-order valence-electron chi connectivity index (χ0n) is 11.1. The smallest absolute Gasteiger partial charge is 0.123 e. The van der Waals surface area contributed by atoms with E-state index in [9.17, 15) is 0 Å². The molecule has 0 bridgehead atoms. The standard InChI is InChI=1S/C14H19N3O/c1-4-12-13(10-17(2)16-12)15-9-11-7-5-6-8-14(11)18-3/h5-8,10,15H,4,9H2,1-3H3.